The van der Waals surface area contributed by atoms with Crippen molar-refractivity contribution in [3.63, 3.8) is 0 Å². The predicted molar refractivity (Wildman–Crippen MR) is 60.9 cm³/mol. The Bertz CT molecular complexity index is 295. The van der Waals surface area contributed by atoms with Crippen molar-refractivity contribution >= 4 is 12.1 Å². The van der Waals surface area contributed by atoms with E-state index in [1.54, 1.807) is 0 Å². The van der Waals surface area contributed by atoms with Crippen LogP contribution in [0.1, 0.15) is 26.2 Å². The second kappa shape index (κ2) is 7.17. The summed E-state index contributed by atoms with van der Waals surface area (Å²) in [6.45, 7) is 2.49. The number of methoxy groups -OCH3 is 1. The standard InChI is InChI=1S/C11H19NO6/c1-3-4-5-17-18-11(15)12-7-8(16-2)6-9(12)10(13)14/h8-9H,3-7H2,1-2H3,(H,13,14)/t8-,9-/m1/s1. The molecule has 7 nitrogen and oxygen atoms in total. The van der Waals surface area contributed by atoms with E-state index >= 15 is 0 Å². The van der Waals surface area contributed by atoms with Crippen molar-refractivity contribution in [2.75, 3.05) is 20.3 Å². The Morgan fingerprint density at radius 1 is 1.44 bits per heavy atom. The van der Waals surface area contributed by atoms with Crippen molar-refractivity contribution < 1.29 is 29.2 Å². The minimum atomic E-state index is -1.07. The smallest absolute Gasteiger partial charge is 0.442 e. The Morgan fingerprint density at radius 2 is 2.17 bits per heavy atom. The highest BCUT2D eigenvalue weighted by molar-refractivity contribution is 5.80. The van der Waals surface area contributed by atoms with Gasteiger partial charge < -0.3 is 9.84 Å². The monoisotopic (exact) mass is 261 g/mol. The highest BCUT2D eigenvalue weighted by atomic mass is 17.2. The number of carbonyl (C=O) groups excluding carboxylic acids is 1. The van der Waals surface area contributed by atoms with Crippen LogP contribution in [-0.4, -0.2) is 54.5 Å². The minimum Gasteiger partial charge on any atom is -0.480 e. The zero-order chi connectivity index (χ0) is 13.5. The molecule has 1 aliphatic rings. The van der Waals surface area contributed by atoms with Gasteiger partial charge in [-0.2, -0.15) is 4.89 Å². The molecule has 0 radical (unpaired) electrons. The Morgan fingerprint density at radius 3 is 2.72 bits per heavy atom. The van der Waals surface area contributed by atoms with Gasteiger partial charge in [-0.15, -0.1) is 0 Å². The number of ether oxygens (including phenoxy) is 1. The van der Waals surface area contributed by atoms with Crippen LogP contribution < -0.4 is 0 Å². The number of carbonyl (C=O) groups is 2. The zero-order valence-electron chi connectivity index (χ0n) is 10.6. The van der Waals surface area contributed by atoms with Gasteiger partial charge in [-0.1, -0.05) is 13.3 Å². The molecule has 0 spiro atoms. The number of likely N-dealkylation sites (tertiary alicyclic amines) is 1. The summed E-state index contributed by atoms with van der Waals surface area (Å²) < 4.78 is 5.06. The molecular formula is C11H19NO6. The van der Waals surface area contributed by atoms with E-state index in [2.05, 4.69) is 4.89 Å². The van der Waals surface area contributed by atoms with Crippen molar-refractivity contribution in [3.8, 4) is 0 Å². The summed E-state index contributed by atoms with van der Waals surface area (Å²) in [5.41, 5.74) is 0. The molecular weight excluding hydrogens is 242 g/mol. The van der Waals surface area contributed by atoms with Crippen molar-refractivity contribution in [2.24, 2.45) is 0 Å². The average molecular weight is 261 g/mol. The zero-order valence-corrected chi connectivity index (χ0v) is 10.6. The maximum Gasteiger partial charge on any atom is 0.442 e. The Hall–Kier alpha value is -1.34. The van der Waals surface area contributed by atoms with Gasteiger partial charge in [0.15, 0.2) is 0 Å². The lowest BCUT2D eigenvalue weighted by Crippen LogP contribution is -2.41. The first-order valence-electron chi connectivity index (χ1n) is 5.95. The lowest BCUT2D eigenvalue weighted by atomic mass is 10.2. The van der Waals surface area contributed by atoms with Crippen molar-refractivity contribution in [1.29, 1.82) is 0 Å². The lowest BCUT2D eigenvalue weighted by molar-refractivity contribution is -0.246. The number of hydrogen-bond donors (Lipinski definition) is 1. The topological polar surface area (TPSA) is 85.3 Å². The Balaban J connectivity index is 2.46. The predicted octanol–water partition coefficient (Wildman–Crippen LogP) is 1.03. The summed E-state index contributed by atoms with van der Waals surface area (Å²) in [6, 6.07) is -0.919. The van der Waals surface area contributed by atoms with E-state index in [9.17, 15) is 9.59 Å². The highest BCUT2D eigenvalue weighted by Crippen LogP contribution is 2.21. The summed E-state index contributed by atoms with van der Waals surface area (Å²) in [5.74, 6) is -1.07. The quantitative estimate of drug-likeness (QED) is 0.436. The summed E-state index contributed by atoms with van der Waals surface area (Å²) in [5, 5.41) is 9.01. The molecule has 1 fully saturated rings. The van der Waals surface area contributed by atoms with Crippen molar-refractivity contribution in [3.05, 3.63) is 0 Å². The first-order chi connectivity index (χ1) is 8.60. The van der Waals surface area contributed by atoms with E-state index < -0.39 is 18.1 Å². The second-order valence-electron chi connectivity index (χ2n) is 4.12. The van der Waals surface area contributed by atoms with Crippen LogP contribution in [-0.2, 0) is 19.3 Å². The number of nitrogens with zero attached hydrogens (tertiary/aromatic N) is 1. The van der Waals surface area contributed by atoms with Crippen LogP contribution in [0.3, 0.4) is 0 Å². The van der Waals surface area contributed by atoms with Crippen molar-refractivity contribution in [1.82, 2.24) is 4.90 Å². The molecule has 0 unspecified atom stereocenters. The number of hydrogen-bond acceptors (Lipinski definition) is 5. The SMILES string of the molecule is CCCCOOC(=O)N1C[C@H](OC)C[C@@H]1C(=O)O. The van der Waals surface area contributed by atoms with E-state index in [4.69, 9.17) is 14.7 Å². The van der Waals surface area contributed by atoms with Gasteiger partial charge in [-0.25, -0.2) is 9.59 Å². The maximum absolute atomic E-state index is 11.6. The molecule has 0 aromatic carbocycles. The molecule has 1 amide bonds. The van der Waals surface area contributed by atoms with E-state index in [-0.39, 0.29) is 19.1 Å². The minimum absolute atomic E-state index is 0.198. The number of rotatable bonds is 6. The number of aliphatic carboxylic acids is 1. The third-order valence-corrected chi connectivity index (χ3v) is 2.83. The maximum atomic E-state index is 11.6. The van der Waals surface area contributed by atoms with Gasteiger partial charge in [-0.3, -0.25) is 9.79 Å². The summed E-state index contributed by atoms with van der Waals surface area (Å²) in [7, 11) is 1.48. The third-order valence-electron chi connectivity index (χ3n) is 2.83. The first-order valence-corrected chi connectivity index (χ1v) is 5.95. The van der Waals surface area contributed by atoms with E-state index in [1.807, 2.05) is 6.92 Å². The number of carboxylic acids is 1. The molecule has 1 saturated heterocycles. The van der Waals surface area contributed by atoms with Crippen molar-refractivity contribution in [2.45, 2.75) is 38.3 Å². The van der Waals surface area contributed by atoms with E-state index in [0.717, 1.165) is 17.7 Å². The molecule has 104 valence electrons. The molecule has 1 heterocycles. The molecule has 1 N–H and O–H groups in total. The molecule has 0 saturated carbocycles. The number of amides is 1. The summed E-state index contributed by atoms with van der Waals surface area (Å²) >= 11 is 0. The highest BCUT2D eigenvalue weighted by Gasteiger charge is 2.41. The van der Waals surface area contributed by atoms with Crippen LogP contribution >= 0.6 is 0 Å². The Labute approximate surface area is 106 Å². The van der Waals surface area contributed by atoms with Crippen LogP contribution in [0.25, 0.3) is 0 Å². The van der Waals surface area contributed by atoms with Crippen LogP contribution in [0.4, 0.5) is 4.79 Å². The average Bonchev–Trinajstić information content (AvgIpc) is 2.78. The Kier molecular flexibility index (Phi) is 5.87. The molecule has 0 aromatic heterocycles. The van der Waals surface area contributed by atoms with Gasteiger partial charge in [0.1, 0.15) is 6.04 Å². The fourth-order valence-electron chi connectivity index (χ4n) is 1.75. The van der Waals surface area contributed by atoms with Crippen LogP contribution in [0.5, 0.6) is 0 Å². The third kappa shape index (κ3) is 3.85. The normalized spacial score (nSPS) is 23.1. The van der Waals surface area contributed by atoms with E-state index in [0.29, 0.717) is 6.61 Å². The second-order valence-corrected chi connectivity index (χ2v) is 4.12. The fourth-order valence-corrected chi connectivity index (χ4v) is 1.75. The van der Waals surface area contributed by atoms with Crippen LogP contribution in [0, 0.1) is 0 Å². The molecule has 7 heteroatoms. The van der Waals surface area contributed by atoms with Gasteiger partial charge in [0.2, 0.25) is 0 Å². The number of carboxylic acid groups (broad SMARTS) is 1. The van der Waals surface area contributed by atoms with Gasteiger partial charge >= 0.3 is 12.1 Å². The molecule has 18 heavy (non-hydrogen) atoms. The molecule has 1 aliphatic heterocycles. The molecule has 0 bridgehead atoms. The molecule has 2 atom stereocenters. The van der Waals surface area contributed by atoms with Gasteiger partial charge in [0.05, 0.1) is 19.3 Å². The summed E-state index contributed by atoms with van der Waals surface area (Å²) in [4.78, 5) is 33.1. The van der Waals surface area contributed by atoms with Gasteiger partial charge in [-0.05, 0) is 6.42 Å². The number of unbranched alkanes of at least 4 members (excludes halogenated alkanes) is 1. The fraction of sp³-hybridized carbons (Fsp3) is 0.818. The largest absolute Gasteiger partial charge is 0.480 e. The summed E-state index contributed by atoms with van der Waals surface area (Å²) in [6.07, 6.45) is 0.893. The first kappa shape index (κ1) is 14.7. The molecule has 1 rings (SSSR count). The van der Waals surface area contributed by atoms with Crippen LogP contribution in [0.2, 0.25) is 0 Å². The van der Waals surface area contributed by atoms with Gasteiger partial charge in [0.25, 0.3) is 0 Å². The van der Waals surface area contributed by atoms with Gasteiger partial charge in [0, 0.05) is 13.5 Å². The van der Waals surface area contributed by atoms with E-state index in [1.165, 1.54) is 7.11 Å². The molecule has 0 aromatic rings. The molecule has 0 aliphatic carbocycles. The lowest BCUT2D eigenvalue weighted by Gasteiger charge is -2.19. The van der Waals surface area contributed by atoms with Crippen LogP contribution in [0.15, 0.2) is 0 Å².